The van der Waals surface area contributed by atoms with Crippen molar-refractivity contribution < 1.29 is 13.5 Å². The first kappa shape index (κ1) is 28.5. The van der Waals surface area contributed by atoms with Gasteiger partial charge in [0.25, 0.3) is 0 Å². The van der Waals surface area contributed by atoms with Crippen molar-refractivity contribution in [1.82, 2.24) is 0 Å². The first-order chi connectivity index (χ1) is 17.0. The second-order valence-corrected chi connectivity index (χ2v) is 11.8. The van der Waals surface area contributed by atoms with Crippen LogP contribution in [-0.2, 0) is 0 Å². The second-order valence-electron chi connectivity index (χ2n) is 11.8. The molecule has 2 aliphatic carbocycles. The fourth-order valence-electron chi connectivity index (χ4n) is 6.89. The molecule has 0 aliphatic heterocycles. The molecule has 0 spiro atoms. The molecule has 1 atom stereocenters. The highest BCUT2D eigenvalue weighted by Gasteiger charge is 2.33. The van der Waals surface area contributed by atoms with Crippen molar-refractivity contribution in [3.05, 3.63) is 29.3 Å². The summed E-state index contributed by atoms with van der Waals surface area (Å²) in [5.41, 5.74) is 0.564. The standard InChI is InChI=1S/C32H52F2O/c1-4-6-8-9-10-12-25-13-15-26(16-14-25)24(3)27-17-19-28(20-18-27)29-21-22-30(32(34)31(29)33)35-23-11-7-5-2/h21-22,24-28H,4-20,23H2,1-3H3/t24?,25?,26?,27-,28-. The van der Waals surface area contributed by atoms with E-state index >= 15 is 0 Å². The fourth-order valence-corrected chi connectivity index (χ4v) is 6.89. The molecule has 35 heavy (non-hydrogen) atoms. The van der Waals surface area contributed by atoms with Crippen LogP contribution in [0.3, 0.4) is 0 Å². The third kappa shape index (κ3) is 8.46. The van der Waals surface area contributed by atoms with Gasteiger partial charge in [0, 0.05) is 0 Å². The van der Waals surface area contributed by atoms with Gasteiger partial charge in [-0.3, -0.25) is 0 Å². The zero-order chi connectivity index (χ0) is 25.0. The lowest BCUT2D eigenvalue weighted by Crippen LogP contribution is -2.28. The first-order valence-electron chi connectivity index (χ1n) is 15.2. The van der Waals surface area contributed by atoms with E-state index < -0.39 is 11.6 Å². The molecule has 2 aliphatic rings. The molecule has 3 heteroatoms. The molecular weight excluding hydrogens is 438 g/mol. The van der Waals surface area contributed by atoms with Crippen LogP contribution in [0.2, 0.25) is 0 Å². The highest BCUT2D eigenvalue weighted by molar-refractivity contribution is 5.33. The Kier molecular flexibility index (Phi) is 12.4. The number of ether oxygens (including phenoxy) is 1. The number of benzene rings is 1. The smallest absolute Gasteiger partial charge is 0.200 e. The lowest BCUT2D eigenvalue weighted by Gasteiger charge is -2.39. The first-order valence-corrected chi connectivity index (χ1v) is 15.2. The predicted octanol–water partition coefficient (Wildman–Crippen LogP) is 10.6. The number of hydrogen-bond acceptors (Lipinski definition) is 1. The molecule has 1 aromatic rings. The molecule has 0 bridgehead atoms. The summed E-state index contributed by atoms with van der Waals surface area (Å²) in [6.45, 7) is 7.33. The molecular formula is C32H52F2O. The third-order valence-corrected chi connectivity index (χ3v) is 9.39. The Morgan fingerprint density at radius 2 is 1.34 bits per heavy atom. The summed E-state index contributed by atoms with van der Waals surface area (Å²) in [4.78, 5) is 0. The zero-order valence-corrected chi connectivity index (χ0v) is 22.9. The Morgan fingerprint density at radius 3 is 2.00 bits per heavy atom. The van der Waals surface area contributed by atoms with E-state index in [2.05, 4.69) is 20.8 Å². The largest absolute Gasteiger partial charge is 0.490 e. The maximum atomic E-state index is 14.9. The molecule has 3 rings (SSSR count). The maximum Gasteiger partial charge on any atom is 0.200 e. The average Bonchev–Trinajstić information content (AvgIpc) is 2.89. The summed E-state index contributed by atoms with van der Waals surface area (Å²) in [6.07, 6.45) is 21.4. The van der Waals surface area contributed by atoms with Crippen molar-refractivity contribution in [1.29, 1.82) is 0 Å². The van der Waals surface area contributed by atoms with E-state index in [4.69, 9.17) is 4.74 Å². The highest BCUT2D eigenvalue weighted by Crippen LogP contribution is 2.45. The molecule has 2 saturated carbocycles. The second kappa shape index (κ2) is 15.2. The van der Waals surface area contributed by atoms with Crippen molar-refractivity contribution >= 4 is 0 Å². The molecule has 0 heterocycles. The summed E-state index contributed by atoms with van der Waals surface area (Å²) >= 11 is 0. The molecule has 0 amide bonds. The molecule has 0 aromatic heterocycles. The van der Waals surface area contributed by atoms with Crippen molar-refractivity contribution in [3.8, 4) is 5.75 Å². The van der Waals surface area contributed by atoms with Crippen LogP contribution in [0, 0.1) is 35.3 Å². The zero-order valence-electron chi connectivity index (χ0n) is 22.9. The third-order valence-electron chi connectivity index (χ3n) is 9.39. The lowest BCUT2D eigenvalue weighted by atomic mass is 9.66. The van der Waals surface area contributed by atoms with Gasteiger partial charge >= 0.3 is 0 Å². The topological polar surface area (TPSA) is 9.23 Å². The van der Waals surface area contributed by atoms with E-state index in [0.717, 1.165) is 68.6 Å². The molecule has 2 fully saturated rings. The molecule has 0 N–H and O–H groups in total. The van der Waals surface area contributed by atoms with E-state index in [0.29, 0.717) is 12.2 Å². The van der Waals surface area contributed by atoms with E-state index in [1.165, 1.54) is 64.2 Å². The maximum absolute atomic E-state index is 14.9. The van der Waals surface area contributed by atoms with Crippen molar-refractivity contribution in [3.63, 3.8) is 0 Å². The Balaban J connectivity index is 1.41. The summed E-state index contributed by atoms with van der Waals surface area (Å²) in [7, 11) is 0. The van der Waals surface area contributed by atoms with Crippen LogP contribution in [-0.4, -0.2) is 6.61 Å². The highest BCUT2D eigenvalue weighted by atomic mass is 19.2. The summed E-state index contributed by atoms with van der Waals surface area (Å²) < 4.78 is 35.0. The molecule has 200 valence electrons. The van der Waals surface area contributed by atoms with E-state index in [1.54, 1.807) is 12.1 Å². The summed E-state index contributed by atoms with van der Waals surface area (Å²) in [6, 6.07) is 3.43. The van der Waals surface area contributed by atoms with Gasteiger partial charge in [0.05, 0.1) is 6.61 Å². The average molecular weight is 491 g/mol. The minimum atomic E-state index is -0.795. The Hall–Kier alpha value is -1.12. The van der Waals surface area contributed by atoms with Crippen LogP contribution in [0.5, 0.6) is 5.75 Å². The molecule has 0 radical (unpaired) electrons. The summed E-state index contributed by atoms with van der Waals surface area (Å²) in [5, 5.41) is 0. The normalized spacial score (nSPS) is 26.0. The Labute approximate surface area is 214 Å². The van der Waals surface area contributed by atoms with Crippen LogP contribution in [0.25, 0.3) is 0 Å². The van der Waals surface area contributed by atoms with Gasteiger partial charge in [0.15, 0.2) is 11.6 Å². The van der Waals surface area contributed by atoms with Gasteiger partial charge in [-0.2, -0.15) is 4.39 Å². The van der Waals surface area contributed by atoms with Crippen LogP contribution in [0.15, 0.2) is 12.1 Å². The number of rotatable bonds is 14. The van der Waals surface area contributed by atoms with Crippen LogP contribution < -0.4 is 4.74 Å². The molecule has 0 saturated heterocycles. The van der Waals surface area contributed by atoms with Crippen molar-refractivity contribution in [2.75, 3.05) is 6.61 Å². The van der Waals surface area contributed by atoms with Crippen LogP contribution >= 0.6 is 0 Å². The van der Waals surface area contributed by atoms with Gasteiger partial charge in [-0.25, -0.2) is 4.39 Å². The van der Waals surface area contributed by atoms with Gasteiger partial charge in [0.2, 0.25) is 5.82 Å². The van der Waals surface area contributed by atoms with E-state index in [9.17, 15) is 8.78 Å². The lowest BCUT2D eigenvalue weighted by molar-refractivity contribution is 0.131. The monoisotopic (exact) mass is 490 g/mol. The van der Waals surface area contributed by atoms with E-state index in [1.807, 2.05) is 0 Å². The molecule has 1 nitrogen and oxygen atoms in total. The van der Waals surface area contributed by atoms with Gasteiger partial charge in [-0.1, -0.05) is 91.0 Å². The molecule has 1 unspecified atom stereocenters. The number of hydrogen-bond donors (Lipinski definition) is 0. The van der Waals surface area contributed by atoms with Crippen LogP contribution in [0.4, 0.5) is 8.78 Å². The quantitative estimate of drug-likeness (QED) is 0.236. The van der Waals surface area contributed by atoms with Crippen molar-refractivity contribution in [2.45, 2.75) is 136 Å². The molecule has 1 aromatic carbocycles. The SMILES string of the molecule is CCCCCCCC1CCC(C(C)[C@H]2CC[C@H](c3ccc(OCCCCC)c(F)c3F)CC2)CC1. The van der Waals surface area contributed by atoms with Gasteiger partial charge < -0.3 is 4.74 Å². The Bertz CT molecular complexity index is 717. The van der Waals surface area contributed by atoms with Gasteiger partial charge in [0.1, 0.15) is 0 Å². The predicted molar refractivity (Wildman–Crippen MR) is 144 cm³/mol. The van der Waals surface area contributed by atoms with Gasteiger partial charge in [-0.15, -0.1) is 0 Å². The minimum Gasteiger partial charge on any atom is -0.490 e. The minimum absolute atomic E-state index is 0.0706. The van der Waals surface area contributed by atoms with E-state index in [-0.39, 0.29) is 11.7 Å². The Morgan fingerprint density at radius 1 is 0.743 bits per heavy atom. The van der Waals surface area contributed by atoms with Crippen molar-refractivity contribution in [2.24, 2.45) is 23.7 Å². The number of unbranched alkanes of at least 4 members (excludes halogenated alkanes) is 6. The summed E-state index contributed by atoms with van der Waals surface area (Å²) in [5.74, 6) is 2.09. The fraction of sp³-hybridized carbons (Fsp3) is 0.812. The van der Waals surface area contributed by atoms with Gasteiger partial charge in [-0.05, 0) is 86.2 Å². The van der Waals surface area contributed by atoms with Crippen LogP contribution in [0.1, 0.15) is 141 Å². The number of halogens is 2.